The molecule has 0 aliphatic heterocycles. The van der Waals surface area contributed by atoms with Crippen molar-refractivity contribution in [2.75, 3.05) is 26.4 Å². The molecule has 138 valence electrons. The van der Waals surface area contributed by atoms with Crippen molar-refractivity contribution in [3.63, 3.8) is 0 Å². The van der Waals surface area contributed by atoms with Gasteiger partial charge in [-0.15, -0.1) is 0 Å². The summed E-state index contributed by atoms with van der Waals surface area (Å²) in [5, 5.41) is 0. The lowest BCUT2D eigenvalue weighted by Crippen LogP contribution is -2.06. The zero-order valence-corrected chi connectivity index (χ0v) is 15.9. The molecule has 0 aliphatic carbocycles. The Morgan fingerprint density at radius 3 is 1.42 bits per heavy atom. The van der Waals surface area contributed by atoms with E-state index >= 15 is 0 Å². The van der Waals surface area contributed by atoms with Crippen LogP contribution in [0.3, 0.4) is 0 Å². The highest BCUT2D eigenvalue weighted by Gasteiger charge is 2.12. The standard InChI is InChI=1S/C20H34O4/c1-5-9-11-21-15-17-13-20(24-8-4)18(14-19(17)23-7-3)16-22-12-10-6-2/h13-14H,5-12,15-16H2,1-4H3. The average Bonchev–Trinajstić information content (AvgIpc) is 2.58. The molecule has 4 heteroatoms. The zero-order valence-electron chi connectivity index (χ0n) is 15.9. The molecule has 0 fully saturated rings. The van der Waals surface area contributed by atoms with Crippen molar-refractivity contribution in [3.8, 4) is 11.5 Å². The summed E-state index contributed by atoms with van der Waals surface area (Å²) in [7, 11) is 0. The summed E-state index contributed by atoms with van der Waals surface area (Å²) in [4.78, 5) is 0. The van der Waals surface area contributed by atoms with Crippen LogP contribution in [0.15, 0.2) is 12.1 Å². The van der Waals surface area contributed by atoms with Crippen LogP contribution in [0.1, 0.15) is 64.5 Å². The predicted molar refractivity (Wildman–Crippen MR) is 97.9 cm³/mol. The van der Waals surface area contributed by atoms with Crippen molar-refractivity contribution in [3.05, 3.63) is 23.3 Å². The largest absolute Gasteiger partial charge is 0.493 e. The molecule has 0 amide bonds. The molecule has 0 saturated heterocycles. The third-order valence-electron chi connectivity index (χ3n) is 3.64. The number of hydrogen-bond donors (Lipinski definition) is 0. The van der Waals surface area contributed by atoms with Gasteiger partial charge in [-0.3, -0.25) is 0 Å². The maximum atomic E-state index is 5.80. The Kier molecular flexibility index (Phi) is 11.3. The summed E-state index contributed by atoms with van der Waals surface area (Å²) in [6.07, 6.45) is 4.42. The Morgan fingerprint density at radius 1 is 0.667 bits per heavy atom. The van der Waals surface area contributed by atoms with Crippen LogP contribution in [0.2, 0.25) is 0 Å². The molecule has 0 heterocycles. The quantitative estimate of drug-likeness (QED) is 0.441. The molecular formula is C20H34O4. The van der Waals surface area contributed by atoms with Gasteiger partial charge in [-0.1, -0.05) is 26.7 Å². The van der Waals surface area contributed by atoms with Gasteiger partial charge in [0.1, 0.15) is 11.5 Å². The van der Waals surface area contributed by atoms with Crippen molar-refractivity contribution in [2.45, 2.75) is 66.6 Å². The van der Waals surface area contributed by atoms with Crippen LogP contribution in [-0.4, -0.2) is 26.4 Å². The molecule has 0 unspecified atom stereocenters. The van der Waals surface area contributed by atoms with Crippen molar-refractivity contribution >= 4 is 0 Å². The maximum Gasteiger partial charge on any atom is 0.125 e. The zero-order chi connectivity index (χ0) is 17.6. The van der Waals surface area contributed by atoms with Gasteiger partial charge in [-0.2, -0.15) is 0 Å². The lowest BCUT2D eigenvalue weighted by Gasteiger charge is -2.17. The molecule has 1 aromatic carbocycles. The fourth-order valence-corrected chi connectivity index (χ4v) is 2.31. The molecular weight excluding hydrogens is 304 g/mol. The van der Waals surface area contributed by atoms with Crippen molar-refractivity contribution in [1.82, 2.24) is 0 Å². The lowest BCUT2D eigenvalue weighted by molar-refractivity contribution is 0.112. The molecule has 1 aromatic rings. The van der Waals surface area contributed by atoms with E-state index in [1.165, 1.54) is 0 Å². The SMILES string of the molecule is CCCCOCc1cc(OCC)c(COCCCC)cc1OCC. The van der Waals surface area contributed by atoms with Crippen LogP contribution >= 0.6 is 0 Å². The highest BCUT2D eigenvalue weighted by molar-refractivity contribution is 5.46. The first kappa shape index (κ1) is 20.8. The third-order valence-corrected chi connectivity index (χ3v) is 3.64. The maximum absolute atomic E-state index is 5.80. The minimum atomic E-state index is 0.548. The van der Waals surface area contributed by atoms with Crippen molar-refractivity contribution < 1.29 is 18.9 Å². The minimum absolute atomic E-state index is 0.548. The molecule has 24 heavy (non-hydrogen) atoms. The second-order valence-corrected chi connectivity index (χ2v) is 5.75. The Morgan fingerprint density at radius 2 is 1.08 bits per heavy atom. The molecule has 0 saturated carbocycles. The van der Waals surface area contributed by atoms with E-state index in [9.17, 15) is 0 Å². The second kappa shape index (κ2) is 13.1. The van der Waals surface area contributed by atoms with E-state index in [0.717, 1.165) is 61.5 Å². The molecule has 0 atom stereocenters. The lowest BCUT2D eigenvalue weighted by atomic mass is 10.1. The summed E-state index contributed by atoms with van der Waals surface area (Å²) >= 11 is 0. The van der Waals surface area contributed by atoms with E-state index in [-0.39, 0.29) is 0 Å². The average molecular weight is 338 g/mol. The number of rotatable bonds is 14. The molecule has 4 nitrogen and oxygen atoms in total. The Bertz CT molecular complexity index is 404. The predicted octanol–water partition coefficient (Wildman–Crippen LogP) is 5.12. The fourth-order valence-electron chi connectivity index (χ4n) is 2.31. The fraction of sp³-hybridized carbons (Fsp3) is 0.700. The van der Waals surface area contributed by atoms with E-state index in [1.54, 1.807) is 0 Å². The van der Waals surface area contributed by atoms with Gasteiger partial charge in [-0.25, -0.2) is 0 Å². The van der Waals surface area contributed by atoms with Gasteiger partial charge in [0, 0.05) is 24.3 Å². The highest BCUT2D eigenvalue weighted by atomic mass is 16.5. The van der Waals surface area contributed by atoms with E-state index in [0.29, 0.717) is 26.4 Å². The molecule has 0 aromatic heterocycles. The molecule has 1 rings (SSSR count). The highest BCUT2D eigenvalue weighted by Crippen LogP contribution is 2.30. The van der Waals surface area contributed by atoms with Crippen LogP contribution in [0.4, 0.5) is 0 Å². The first-order valence-electron chi connectivity index (χ1n) is 9.33. The summed E-state index contributed by atoms with van der Waals surface area (Å²) in [6.45, 7) is 12.2. The van der Waals surface area contributed by atoms with Gasteiger partial charge in [0.25, 0.3) is 0 Å². The normalized spacial score (nSPS) is 10.8. The van der Waals surface area contributed by atoms with Gasteiger partial charge >= 0.3 is 0 Å². The third kappa shape index (κ3) is 7.54. The smallest absolute Gasteiger partial charge is 0.125 e. The summed E-state index contributed by atoms with van der Waals surface area (Å²) in [5.41, 5.74) is 2.07. The second-order valence-electron chi connectivity index (χ2n) is 5.75. The Labute approximate surface area is 147 Å². The monoisotopic (exact) mass is 338 g/mol. The number of ether oxygens (including phenoxy) is 4. The van der Waals surface area contributed by atoms with Crippen molar-refractivity contribution in [2.24, 2.45) is 0 Å². The Hall–Kier alpha value is -1.26. The van der Waals surface area contributed by atoms with Gasteiger partial charge in [0.2, 0.25) is 0 Å². The Balaban J connectivity index is 2.86. The number of benzene rings is 1. The molecule has 0 radical (unpaired) electrons. The van der Waals surface area contributed by atoms with E-state index in [4.69, 9.17) is 18.9 Å². The van der Waals surface area contributed by atoms with Gasteiger partial charge < -0.3 is 18.9 Å². The molecule has 0 spiro atoms. The summed E-state index contributed by atoms with van der Waals surface area (Å²) in [6, 6.07) is 4.08. The van der Waals surface area contributed by atoms with E-state index < -0.39 is 0 Å². The summed E-state index contributed by atoms with van der Waals surface area (Å²) in [5.74, 6) is 1.73. The summed E-state index contributed by atoms with van der Waals surface area (Å²) < 4.78 is 23.1. The van der Waals surface area contributed by atoms with Crippen LogP contribution in [-0.2, 0) is 22.7 Å². The minimum Gasteiger partial charge on any atom is -0.493 e. The van der Waals surface area contributed by atoms with E-state index in [1.807, 2.05) is 26.0 Å². The van der Waals surface area contributed by atoms with Gasteiger partial charge in [0.05, 0.1) is 26.4 Å². The van der Waals surface area contributed by atoms with Crippen molar-refractivity contribution in [1.29, 1.82) is 0 Å². The van der Waals surface area contributed by atoms with E-state index in [2.05, 4.69) is 13.8 Å². The molecule has 0 N–H and O–H groups in total. The first-order valence-corrected chi connectivity index (χ1v) is 9.33. The van der Waals surface area contributed by atoms with Crippen LogP contribution < -0.4 is 9.47 Å². The van der Waals surface area contributed by atoms with Crippen LogP contribution in [0, 0.1) is 0 Å². The molecule has 0 bridgehead atoms. The number of hydrogen-bond acceptors (Lipinski definition) is 4. The van der Waals surface area contributed by atoms with Gasteiger partial charge in [0.15, 0.2) is 0 Å². The molecule has 0 aliphatic rings. The topological polar surface area (TPSA) is 36.9 Å². The number of unbranched alkanes of at least 4 members (excludes halogenated alkanes) is 2. The van der Waals surface area contributed by atoms with Gasteiger partial charge in [-0.05, 0) is 38.8 Å². The van der Waals surface area contributed by atoms with Crippen LogP contribution in [0.5, 0.6) is 11.5 Å². The van der Waals surface area contributed by atoms with Crippen LogP contribution in [0.25, 0.3) is 0 Å². The first-order chi connectivity index (χ1) is 11.8.